The Balaban J connectivity index is 1.44. The molecule has 0 N–H and O–H groups in total. The van der Waals surface area contributed by atoms with Crippen LogP contribution in [-0.2, 0) is 15.7 Å². The molecule has 0 unspecified atom stereocenters. The topological polar surface area (TPSA) is 27.7 Å². The van der Waals surface area contributed by atoms with E-state index in [1.807, 2.05) is 24.3 Å². The van der Waals surface area contributed by atoms with Crippen LogP contribution in [0.1, 0.15) is 46.1 Å². The van der Waals surface area contributed by atoms with Gasteiger partial charge in [-0.15, -0.1) is 0 Å². The molecule has 1 heterocycles. The minimum absolute atomic E-state index is 0.314. The molecule has 3 rings (SSSR count). The molecule has 2 aromatic rings. The van der Waals surface area contributed by atoms with Crippen LogP contribution in [0.3, 0.4) is 0 Å². The van der Waals surface area contributed by atoms with E-state index in [0.29, 0.717) is 0 Å². The number of hydrogen-bond acceptors (Lipinski definition) is 3. The molecule has 0 amide bonds. The van der Waals surface area contributed by atoms with Gasteiger partial charge in [0.25, 0.3) is 0 Å². The molecule has 0 aromatic heterocycles. The highest BCUT2D eigenvalue weighted by Crippen LogP contribution is 2.36. The largest absolute Gasteiger partial charge is 0.494 e. The van der Waals surface area contributed by atoms with E-state index in [-0.39, 0.29) is 18.3 Å². The van der Waals surface area contributed by atoms with Gasteiger partial charge in [0.1, 0.15) is 5.75 Å². The molecule has 0 spiro atoms. The van der Waals surface area contributed by atoms with Gasteiger partial charge in [0.05, 0.1) is 17.8 Å². The van der Waals surface area contributed by atoms with Crippen molar-refractivity contribution in [3.05, 3.63) is 60.2 Å². The zero-order valence-corrected chi connectivity index (χ0v) is 16.3. The van der Waals surface area contributed by atoms with Crippen LogP contribution in [0.2, 0.25) is 0 Å². The first-order valence-electron chi connectivity index (χ1n) is 9.50. The van der Waals surface area contributed by atoms with Gasteiger partial charge in [-0.2, -0.15) is 0 Å². The zero-order chi connectivity index (χ0) is 18.6. The van der Waals surface area contributed by atoms with Crippen molar-refractivity contribution < 1.29 is 14.0 Å². The molecule has 138 valence electrons. The fourth-order valence-electron chi connectivity index (χ4n) is 2.97. The van der Waals surface area contributed by atoms with Crippen molar-refractivity contribution in [2.45, 2.75) is 58.2 Å². The van der Waals surface area contributed by atoms with E-state index in [1.54, 1.807) is 0 Å². The third kappa shape index (κ3) is 4.49. The second-order valence-corrected chi connectivity index (χ2v) is 7.95. The minimum Gasteiger partial charge on any atom is -0.494 e. The monoisotopic (exact) mass is 352 g/mol. The van der Waals surface area contributed by atoms with Gasteiger partial charge < -0.3 is 14.0 Å². The first-order chi connectivity index (χ1) is 12.4. The van der Waals surface area contributed by atoms with E-state index in [9.17, 15) is 0 Å². The van der Waals surface area contributed by atoms with E-state index in [4.69, 9.17) is 14.0 Å². The molecule has 26 heavy (non-hydrogen) atoms. The Morgan fingerprint density at radius 1 is 0.808 bits per heavy atom. The average Bonchev–Trinajstić information content (AvgIpc) is 2.84. The van der Waals surface area contributed by atoms with Gasteiger partial charge in [-0.25, -0.2) is 0 Å². The summed E-state index contributed by atoms with van der Waals surface area (Å²) in [5.74, 6) is 0.893. The van der Waals surface area contributed by atoms with Crippen LogP contribution in [0.4, 0.5) is 0 Å². The summed E-state index contributed by atoms with van der Waals surface area (Å²) in [6, 6.07) is 18.6. The fraction of sp³-hybridized carbons (Fsp3) is 0.455. The standard InChI is InChI=1S/C22H29BO3/c1-21(2)22(3,4)26-23(25-21)19-13-15-20(16-14-19)24-17-9-8-12-18-10-6-5-7-11-18/h5-7,10-11,13-16H,8-9,12,17H2,1-4H3. The number of rotatable bonds is 7. The molecule has 4 heteroatoms. The summed E-state index contributed by atoms with van der Waals surface area (Å²) < 4.78 is 18.0. The van der Waals surface area contributed by atoms with Gasteiger partial charge >= 0.3 is 7.12 Å². The third-order valence-corrected chi connectivity index (χ3v) is 5.38. The van der Waals surface area contributed by atoms with E-state index in [0.717, 1.165) is 37.1 Å². The maximum Gasteiger partial charge on any atom is 0.494 e. The maximum absolute atomic E-state index is 6.08. The summed E-state index contributed by atoms with van der Waals surface area (Å²) in [6.07, 6.45) is 3.29. The van der Waals surface area contributed by atoms with E-state index in [2.05, 4.69) is 58.0 Å². The lowest BCUT2D eigenvalue weighted by molar-refractivity contribution is 0.00578. The number of aryl methyl sites for hydroxylation is 1. The van der Waals surface area contributed by atoms with Crippen molar-refractivity contribution in [1.29, 1.82) is 0 Å². The second-order valence-electron chi connectivity index (χ2n) is 7.95. The number of ether oxygens (including phenoxy) is 1. The Labute approximate surface area is 157 Å². The maximum atomic E-state index is 6.08. The lowest BCUT2D eigenvalue weighted by atomic mass is 9.79. The lowest BCUT2D eigenvalue weighted by Crippen LogP contribution is -2.41. The Kier molecular flexibility index (Phi) is 5.74. The molecule has 3 nitrogen and oxygen atoms in total. The number of hydrogen-bond donors (Lipinski definition) is 0. The van der Waals surface area contributed by atoms with Crippen molar-refractivity contribution in [2.24, 2.45) is 0 Å². The molecule has 1 aliphatic heterocycles. The van der Waals surface area contributed by atoms with E-state index in [1.165, 1.54) is 5.56 Å². The van der Waals surface area contributed by atoms with Crippen molar-refractivity contribution in [3.63, 3.8) is 0 Å². The molecule has 0 radical (unpaired) electrons. The SMILES string of the molecule is CC1(C)OB(c2ccc(OCCCCc3ccccc3)cc2)OC1(C)C. The summed E-state index contributed by atoms with van der Waals surface area (Å²) in [6.45, 7) is 9.02. The first-order valence-corrected chi connectivity index (χ1v) is 9.50. The molecule has 0 saturated carbocycles. The highest BCUT2D eigenvalue weighted by Gasteiger charge is 2.51. The highest BCUT2D eigenvalue weighted by molar-refractivity contribution is 6.62. The molecule has 1 aliphatic rings. The van der Waals surface area contributed by atoms with Crippen LogP contribution in [0.15, 0.2) is 54.6 Å². The number of benzene rings is 2. The summed E-state index contributed by atoms with van der Waals surface area (Å²) in [7, 11) is -0.320. The van der Waals surface area contributed by atoms with Crippen LogP contribution in [0, 0.1) is 0 Å². The molecular weight excluding hydrogens is 323 g/mol. The summed E-state index contributed by atoms with van der Waals surface area (Å²) in [5, 5.41) is 0. The Hall–Kier alpha value is -1.78. The van der Waals surface area contributed by atoms with Crippen LogP contribution < -0.4 is 10.2 Å². The van der Waals surface area contributed by atoms with Gasteiger partial charge in [-0.3, -0.25) is 0 Å². The van der Waals surface area contributed by atoms with Gasteiger partial charge in [-0.05, 0) is 70.1 Å². The smallest absolute Gasteiger partial charge is 0.494 e. The van der Waals surface area contributed by atoms with Crippen molar-refractivity contribution in [3.8, 4) is 5.75 Å². The van der Waals surface area contributed by atoms with Gasteiger partial charge in [0.15, 0.2) is 0 Å². The Bertz CT molecular complexity index is 679. The molecule has 1 fully saturated rings. The van der Waals surface area contributed by atoms with E-state index >= 15 is 0 Å². The minimum atomic E-state index is -0.320. The normalized spacial score (nSPS) is 18.1. The molecule has 0 atom stereocenters. The molecule has 0 bridgehead atoms. The molecule has 1 saturated heterocycles. The summed E-state index contributed by atoms with van der Waals surface area (Å²) >= 11 is 0. The van der Waals surface area contributed by atoms with Crippen LogP contribution >= 0.6 is 0 Å². The molecular formula is C22H29BO3. The van der Waals surface area contributed by atoms with Gasteiger partial charge in [0, 0.05) is 0 Å². The second kappa shape index (κ2) is 7.85. The summed E-state index contributed by atoms with van der Waals surface area (Å²) in [4.78, 5) is 0. The number of unbranched alkanes of at least 4 members (excludes halogenated alkanes) is 1. The summed E-state index contributed by atoms with van der Waals surface area (Å²) in [5.41, 5.74) is 1.79. The van der Waals surface area contributed by atoms with Crippen molar-refractivity contribution in [1.82, 2.24) is 0 Å². The zero-order valence-electron chi connectivity index (χ0n) is 16.3. The first kappa shape index (κ1) is 19.0. The predicted octanol–water partition coefficient (Wildman–Crippen LogP) is 4.39. The Morgan fingerprint density at radius 3 is 2.04 bits per heavy atom. The fourth-order valence-corrected chi connectivity index (χ4v) is 2.97. The van der Waals surface area contributed by atoms with Crippen LogP contribution in [-0.4, -0.2) is 24.9 Å². The van der Waals surface area contributed by atoms with Crippen LogP contribution in [0.25, 0.3) is 0 Å². The third-order valence-electron chi connectivity index (χ3n) is 5.38. The average molecular weight is 352 g/mol. The predicted molar refractivity (Wildman–Crippen MR) is 107 cm³/mol. The molecule has 0 aliphatic carbocycles. The lowest BCUT2D eigenvalue weighted by Gasteiger charge is -2.32. The van der Waals surface area contributed by atoms with E-state index < -0.39 is 0 Å². The quantitative estimate of drug-likeness (QED) is 0.546. The van der Waals surface area contributed by atoms with Gasteiger partial charge in [-0.1, -0.05) is 42.5 Å². The highest BCUT2D eigenvalue weighted by atomic mass is 16.7. The van der Waals surface area contributed by atoms with Crippen molar-refractivity contribution in [2.75, 3.05) is 6.61 Å². The van der Waals surface area contributed by atoms with Crippen LogP contribution in [0.5, 0.6) is 5.75 Å². The molecule has 2 aromatic carbocycles. The van der Waals surface area contributed by atoms with Gasteiger partial charge in [0.2, 0.25) is 0 Å². The Morgan fingerprint density at radius 2 is 1.42 bits per heavy atom. The van der Waals surface area contributed by atoms with Crippen molar-refractivity contribution >= 4 is 12.6 Å².